The Hall–Kier alpha value is -1.09. The van der Waals surface area contributed by atoms with Crippen LogP contribution in [0.1, 0.15) is 51.1 Å². The van der Waals surface area contributed by atoms with E-state index in [0.717, 1.165) is 18.2 Å². The molecule has 1 aromatic heterocycles. The fraction of sp³-hybridized carbons (Fsp3) is 0.667. The SMILES string of the molecule is CCNC(CC1CCC1)c1cncc(OCC)c1. The average molecular weight is 248 g/mol. The van der Waals surface area contributed by atoms with Crippen LogP contribution >= 0.6 is 0 Å². The van der Waals surface area contributed by atoms with Crippen molar-refractivity contribution in [2.45, 2.75) is 45.6 Å². The molecule has 1 atom stereocenters. The van der Waals surface area contributed by atoms with E-state index in [0.29, 0.717) is 12.6 Å². The lowest BCUT2D eigenvalue weighted by Crippen LogP contribution is -2.26. The van der Waals surface area contributed by atoms with Crippen molar-refractivity contribution >= 4 is 0 Å². The molecule has 100 valence electrons. The second kappa shape index (κ2) is 6.74. The summed E-state index contributed by atoms with van der Waals surface area (Å²) in [5, 5.41) is 3.57. The van der Waals surface area contributed by atoms with E-state index in [4.69, 9.17) is 4.74 Å². The summed E-state index contributed by atoms with van der Waals surface area (Å²) in [6, 6.07) is 2.55. The molecule has 18 heavy (non-hydrogen) atoms. The van der Waals surface area contributed by atoms with Gasteiger partial charge >= 0.3 is 0 Å². The Morgan fingerprint density at radius 1 is 1.39 bits per heavy atom. The smallest absolute Gasteiger partial charge is 0.137 e. The molecular weight excluding hydrogens is 224 g/mol. The number of nitrogens with zero attached hydrogens (tertiary/aromatic N) is 1. The van der Waals surface area contributed by atoms with Gasteiger partial charge in [-0.1, -0.05) is 26.2 Å². The van der Waals surface area contributed by atoms with E-state index in [2.05, 4.69) is 23.3 Å². The van der Waals surface area contributed by atoms with E-state index in [1.165, 1.54) is 31.2 Å². The topological polar surface area (TPSA) is 34.2 Å². The van der Waals surface area contributed by atoms with Crippen molar-refractivity contribution in [1.29, 1.82) is 0 Å². The first-order valence-electron chi connectivity index (χ1n) is 7.14. The Labute approximate surface area is 110 Å². The van der Waals surface area contributed by atoms with Gasteiger partial charge < -0.3 is 10.1 Å². The van der Waals surface area contributed by atoms with Crippen LogP contribution < -0.4 is 10.1 Å². The number of nitrogens with one attached hydrogen (secondary N) is 1. The van der Waals surface area contributed by atoms with Gasteiger partial charge in [0.25, 0.3) is 0 Å². The molecule has 3 heteroatoms. The summed E-state index contributed by atoms with van der Waals surface area (Å²) in [4.78, 5) is 4.29. The third kappa shape index (κ3) is 3.45. The molecule has 0 aromatic carbocycles. The van der Waals surface area contributed by atoms with E-state index in [1.807, 2.05) is 13.1 Å². The van der Waals surface area contributed by atoms with Gasteiger partial charge in [0.05, 0.1) is 12.8 Å². The van der Waals surface area contributed by atoms with Crippen molar-refractivity contribution in [2.24, 2.45) is 5.92 Å². The first-order chi connectivity index (χ1) is 8.83. The molecule has 2 rings (SSSR count). The summed E-state index contributed by atoms with van der Waals surface area (Å²) in [6.07, 6.45) is 9.17. The number of ether oxygens (including phenoxy) is 1. The lowest BCUT2D eigenvalue weighted by molar-refractivity contribution is 0.261. The lowest BCUT2D eigenvalue weighted by atomic mass is 9.80. The number of hydrogen-bond donors (Lipinski definition) is 1. The van der Waals surface area contributed by atoms with Gasteiger partial charge in [0, 0.05) is 12.2 Å². The summed E-state index contributed by atoms with van der Waals surface area (Å²) in [6.45, 7) is 5.85. The zero-order valence-electron chi connectivity index (χ0n) is 11.5. The minimum Gasteiger partial charge on any atom is -0.492 e. The number of rotatable bonds is 7. The summed E-state index contributed by atoms with van der Waals surface area (Å²) in [5.74, 6) is 1.77. The highest BCUT2D eigenvalue weighted by atomic mass is 16.5. The molecule has 0 saturated heterocycles. The van der Waals surface area contributed by atoms with Crippen LogP contribution in [0, 0.1) is 5.92 Å². The number of hydrogen-bond acceptors (Lipinski definition) is 3. The summed E-state index contributed by atoms with van der Waals surface area (Å²) in [5.41, 5.74) is 1.26. The molecule has 0 radical (unpaired) electrons. The second-order valence-corrected chi connectivity index (χ2v) is 5.03. The highest BCUT2D eigenvalue weighted by molar-refractivity contribution is 5.26. The van der Waals surface area contributed by atoms with Crippen LogP contribution in [0.3, 0.4) is 0 Å². The first-order valence-corrected chi connectivity index (χ1v) is 7.14. The van der Waals surface area contributed by atoms with E-state index in [1.54, 1.807) is 6.20 Å². The maximum Gasteiger partial charge on any atom is 0.137 e. The van der Waals surface area contributed by atoms with Crippen LogP contribution in [-0.4, -0.2) is 18.1 Å². The van der Waals surface area contributed by atoms with E-state index >= 15 is 0 Å². The van der Waals surface area contributed by atoms with Gasteiger partial charge in [-0.15, -0.1) is 0 Å². The Balaban J connectivity index is 2.05. The molecule has 1 unspecified atom stereocenters. The van der Waals surface area contributed by atoms with Gasteiger partial charge in [-0.05, 0) is 37.4 Å². The zero-order valence-corrected chi connectivity index (χ0v) is 11.5. The molecule has 1 heterocycles. The van der Waals surface area contributed by atoms with Crippen LogP contribution in [0.15, 0.2) is 18.5 Å². The molecule has 0 spiro atoms. The quantitative estimate of drug-likeness (QED) is 0.803. The Morgan fingerprint density at radius 2 is 2.22 bits per heavy atom. The van der Waals surface area contributed by atoms with Gasteiger partial charge in [0.15, 0.2) is 0 Å². The highest BCUT2D eigenvalue weighted by Gasteiger charge is 2.23. The zero-order chi connectivity index (χ0) is 12.8. The van der Waals surface area contributed by atoms with Gasteiger partial charge in [0.2, 0.25) is 0 Å². The van der Waals surface area contributed by atoms with Gasteiger partial charge in [-0.2, -0.15) is 0 Å². The van der Waals surface area contributed by atoms with E-state index in [-0.39, 0.29) is 0 Å². The molecule has 1 N–H and O–H groups in total. The number of aromatic nitrogens is 1. The largest absolute Gasteiger partial charge is 0.492 e. The minimum absolute atomic E-state index is 0.424. The Morgan fingerprint density at radius 3 is 2.83 bits per heavy atom. The molecule has 0 amide bonds. The first kappa shape index (κ1) is 13.3. The van der Waals surface area contributed by atoms with Crippen molar-refractivity contribution < 1.29 is 4.74 Å². The van der Waals surface area contributed by atoms with Crippen LogP contribution in [0.2, 0.25) is 0 Å². The van der Waals surface area contributed by atoms with Gasteiger partial charge in [0.1, 0.15) is 5.75 Å². The molecule has 1 saturated carbocycles. The predicted octanol–water partition coefficient (Wildman–Crippen LogP) is 3.32. The van der Waals surface area contributed by atoms with Crippen molar-refractivity contribution in [2.75, 3.05) is 13.2 Å². The number of pyridine rings is 1. The normalized spacial score (nSPS) is 17.2. The van der Waals surface area contributed by atoms with Gasteiger partial charge in [-0.25, -0.2) is 0 Å². The standard InChI is InChI=1S/C15H24N2O/c1-3-17-15(8-12-6-5-7-12)13-9-14(18-4-2)11-16-10-13/h9-12,15,17H,3-8H2,1-2H3. The van der Waals surface area contributed by atoms with Crippen molar-refractivity contribution in [1.82, 2.24) is 10.3 Å². The lowest BCUT2D eigenvalue weighted by Gasteiger charge is -2.30. The molecule has 1 aromatic rings. The van der Waals surface area contributed by atoms with Crippen molar-refractivity contribution in [3.63, 3.8) is 0 Å². The maximum absolute atomic E-state index is 5.53. The molecule has 1 aliphatic rings. The maximum atomic E-state index is 5.53. The fourth-order valence-corrected chi connectivity index (χ4v) is 2.52. The minimum atomic E-state index is 0.424. The summed E-state index contributed by atoms with van der Waals surface area (Å²) >= 11 is 0. The Kier molecular flexibility index (Phi) is 5.00. The third-order valence-corrected chi connectivity index (χ3v) is 3.69. The monoisotopic (exact) mass is 248 g/mol. The van der Waals surface area contributed by atoms with E-state index < -0.39 is 0 Å². The van der Waals surface area contributed by atoms with Crippen LogP contribution in [0.5, 0.6) is 5.75 Å². The molecule has 0 bridgehead atoms. The van der Waals surface area contributed by atoms with Gasteiger partial charge in [-0.3, -0.25) is 4.98 Å². The predicted molar refractivity (Wildman–Crippen MR) is 73.8 cm³/mol. The van der Waals surface area contributed by atoms with E-state index in [9.17, 15) is 0 Å². The third-order valence-electron chi connectivity index (χ3n) is 3.69. The van der Waals surface area contributed by atoms with Crippen molar-refractivity contribution in [3.05, 3.63) is 24.0 Å². The summed E-state index contributed by atoms with van der Waals surface area (Å²) in [7, 11) is 0. The fourth-order valence-electron chi connectivity index (χ4n) is 2.52. The van der Waals surface area contributed by atoms with Crippen molar-refractivity contribution in [3.8, 4) is 5.75 Å². The summed E-state index contributed by atoms with van der Waals surface area (Å²) < 4.78 is 5.53. The molecular formula is C15H24N2O. The van der Waals surface area contributed by atoms with Crippen LogP contribution in [-0.2, 0) is 0 Å². The van der Waals surface area contributed by atoms with Crippen LogP contribution in [0.25, 0.3) is 0 Å². The average Bonchev–Trinajstić information content (AvgIpc) is 2.33. The molecule has 1 fully saturated rings. The van der Waals surface area contributed by atoms with Crippen LogP contribution in [0.4, 0.5) is 0 Å². The molecule has 1 aliphatic carbocycles. The Bertz CT molecular complexity index is 363. The molecule has 0 aliphatic heterocycles. The highest BCUT2D eigenvalue weighted by Crippen LogP contribution is 2.35. The second-order valence-electron chi connectivity index (χ2n) is 5.03. The molecule has 3 nitrogen and oxygen atoms in total.